The summed E-state index contributed by atoms with van der Waals surface area (Å²) < 4.78 is 26.9. The third-order valence-electron chi connectivity index (χ3n) is 5.53. The molecule has 0 spiro atoms. The molecule has 6 nitrogen and oxygen atoms in total. The van der Waals surface area contributed by atoms with Crippen molar-refractivity contribution in [3.05, 3.63) is 95.7 Å². The van der Waals surface area contributed by atoms with Crippen LogP contribution >= 0.6 is 0 Å². The van der Waals surface area contributed by atoms with Crippen LogP contribution in [0.4, 0.5) is 5.69 Å². The van der Waals surface area contributed by atoms with Crippen LogP contribution in [-0.4, -0.2) is 32.9 Å². The summed E-state index contributed by atoms with van der Waals surface area (Å²) in [5.74, 6) is -0.194. The van der Waals surface area contributed by atoms with Crippen molar-refractivity contribution in [3.8, 4) is 0 Å². The lowest BCUT2D eigenvalue weighted by atomic mass is 10.1. The van der Waals surface area contributed by atoms with Gasteiger partial charge in [0.05, 0.1) is 10.6 Å². The van der Waals surface area contributed by atoms with Crippen molar-refractivity contribution in [2.75, 3.05) is 17.9 Å². The van der Waals surface area contributed by atoms with Crippen molar-refractivity contribution >= 4 is 32.5 Å². The highest BCUT2D eigenvalue weighted by Gasteiger charge is 2.21. The van der Waals surface area contributed by atoms with E-state index in [0.717, 1.165) is 22.0 Å². The van der Waals surface area contributed by atoms with Crippen LogP contribution in [0, 0.1) is 6.92 Å². The number of nitrogens with zero attached hydrogens (tertiary/aromatic N) is 1. The van der Waals surface area contributed by atoms with Gasteiger partial charge in [-0.1, -0.05) is 35.9 Å². The zero-order chi connectivity index (χ0) is 22.7. The molecule has 4 rings (SSSR count). The molecule has 1 amide bonds. The number of sulfonamides is 1. The molecule has 0 fully saturated rings. The summed E-state index contributed by atoms with van der Waals surface area (Å²) in [5.41, 5.74) is 4.19. The minimum Gasteiger partial charge on any atom is -0.361 e. The Morgan fingerprint density at radius 2 is 1.66 bits per heavy atom. The molecule has 0 radical (unpaired) electrons. The Balaban J connectivity index is 1.39. The van der Waals surface area contributed by atoms with Crippen molar-refractivity contribution in [1.82, 2.24) is 10.3 Å². The summed E-state index contributed by atoms with van der Waals surface area (Å²) in [6, 6.07) is 21.3. The fourth-order valence-electron chi connectivity index (χ4n) is 3.58. The normalized spacial score (nSPS) is 11.4. The molecule has 0 aliphatic rings. The Hall–Kier alpha value is -3.58. The highest BCUT2D eigenvalue weighted by atomic mass is 32.2. The predicted octanol–water partition coefficient (Wildman–Crippen LogP) is 4.27. The second-order valence-electron chi connectivity index (χ2n) is 7.70. The molecule has 164 valence electrons. The van der Waals surface area contributed by atoms with Gasteiger partial charge < -0.3 is 10.3 Å². The zero-order valence-corrected chi connectivity index (χ0v) is 18.8. The van der Waals surface area contributed by atoms with E-state index in [2.05, 4.69) is 16.4 Å². The van der Waals surface area contributed by atoms with E-state index in [1.54, 1.807) is 48.5 Å². The molecule has 0 aliphatic carbocycles. The molecule has 0 saturated heterocycles. The molecule has 7 heteroatoms. The molecule has 0 aliphatic heterocycles. The first kappa shape index (κ1) is 21.6. The van der Waals surface area contributed by atoms with Gasteiger partial charge in [-0.3, -0.25) is 9.10 Å². The fraction of sp³-hybridized carbons (Fsp3) is 0.160. The first-order chi connectivity index (χ1) is 15.4. The molecule has 0 unspecified atom stereocenters. The number of carbonyl (C=O) groups excluding carboxylic acids is 1. The van der Waals surface area contributed by atoms with Crippen LogP contribution in [0.3, 0.4) is 0 Å². The van der Waals surface area contributed by atoms with E-state index in [0.29, 0.717) is 24.2 Å². The number of aromatic nitrogens is 1. The van der Waals surface area contributed by atoms with Crippen LogP contribution < -0.4 is 9.62 Å². The summed E-state index contributed by atoms with van der Waals surface area (Å²) in [5, 5.41) is 4.08. The molecule has 0 bridgehead atoms. The molecule has 3 aromatic carbocycles. The van der Waals surface area contributed by atoms with Gasteiger partial charge in [0.25, 0.3) is 15.9 Å². The summed E-state index contributed by atoms with van der Waals surface area (Å²) in [6.45, 7) is 2.41. The minimum atomic E-state index is -3.67. The summed E-state index contributed by atoms with van der Waals surface area (Å²) >= 11 is 0. The molecular formula is C25H25N3O3S. The van der Waals surface area contributed by atoms with E-state index >= 15 is 0 Å². The molecule has 0 atom stereocenters. The van der Waals surface area contributed by atoms with Gasteiger partial charge in [0.15, 0.2) is 0 Å². The maximum Gasteiger partial charge on any atom is 0.264 e. The van der Waals surface area contributed by atoms with E-state index in [1.165, 1.54) is 11.4 Å². The van der Waals surface area contributed by atoms with Crippen molar-refractivity contribution in [2.24, 2.45) is 0 Å². The van der Waals surface area contributed by atoms with E-state index in [-0.39, 0.29) is 10.8 Å². The van der Waals surface area contributed by atoms with Gasteiger partial charge in [-0.15, -0.1) is 0 Å². The molecule has 2 N–H and O–H groups in total. The smallest absolute Gasteiger partial charge is 0.264 e. The largest absolute Gasteiger partial charge is 0.361 e. The van der Waals surface area contributed by atoms with Crippen molar-refractivity contribution in [2.45, 2.75) is 18.2 Å². The van der Waals surface area contributed by atoms with Crippen molar-refractivity contribution < 1.29 is 13.2 Å². The Bertz CT molecular complexity index is 1340. The van der Waals surface area contributed by atoms with Crippen LogP contribution in [0.25, 0.3) is 10.9 Å². The number of benzene rings is 3. The first-order valence-corrected chi connectivity index (χ1v) is 11.8. The molecule has 1 aromatic heterocycles. The predicted molar refractivity (Wildman–Crippen MR) is 128 cm³/mol. The van der Waals surface area contributed by atoms with Gasteiger partial charge in [0.1, 0.15) is 0 Å². The molecule has 32 heavy (non-hydrogen) atoms. The highest BCUT2D eigenvalue weighted by Crippen LogP contribution is 2.23. The van der Waals surface area contributed by atoms with Crippen LogP contribution in [0.2, 0.25) is 0 Å². The standard InChI is InChI=1S/C25H25N3O3S/c1-18-7-13-22(14-8-18)32(30,31)28(2)21-11-9-19(10-12-21)25(29)26-16-15-20-17-27-24-6-4-3-5-23(20)24/h3-14,17,27H,15-16H2,1-2H3,(H,26,29). The number of fused-ring (bicyclic) bond motifs is 1. The number of para-hydroxylation sites is 1. The summed E-state index contributed by atoms with van der Waals surface area (Å²) in [7, 11) is -2.16. The minimum absolute atomic E-state index is 0.194. The lowest BCUT2D eigenvalue weighted by Gasteiger charge is -2.20. The number of carbonyl (C=O) groups is 1. The Labute approximate surface area is 187 Å². The van der Waals surface area contributed by atoms with E-state index < -0.39 is 10.0 Å². The lowest BCUT2D eigenvalue weighted by molar-refractivity contribution is 0.0954. The SMILES string of the molecule is Cc1ccc(S(=O)(=O)N(C)c2ccc(C(=O)NCCc3c[nH]c4ccccc34)cc2)cc1. The number of aryl methyl sites for hydroxylation is 1. The number of H-pyrrole nitrogens is 1. The van der Waals surface area contributed by atoms with Gasteiger partial charge >= 0.3 is 0 Å². The number of hydrogen-bond acceptors (Lipinski definition) is 3. The maximum atomic E-state index is 12.9. The highest BCUT2D eigenvalue weighted by molar-refractivity contribution is 7.92. The van der Waals surface area contributed by atoms with Crippen molar-refractivity contribution in [1.29, 1.82) is 0 Å². The molecular weight excluding hydrogens is 422 g/mol. The first-order valence-electron chi connectivity index (χ1n) is 10.3. The molecule has 0 saturated carbocycles. The Morgan fingerprint density at radius 3 is 2.38 bits per heavy atom. The number of hydrogen-bond donors (Lipinski definition) is 2. The van der Waals surface area contributed by atoms with Crippen LogP contribution in [0.5, 0.6) is 0 Å². The fourth-order valence-corrected chi connectivity index (χ4v) is 4.78. The Morgan fingerprint density at radius 1 is 0.969 bits per heavy atom. The van der Waals surface area contributed by atoms with Gasteiger partial charge in [-0.05, 0) is 61.4 Å². The second-order valence-corrected chi connectivity index (χ2v) is 9.67. The van der Waals surface area contributed by atoms with Gasteiger partial charge in [-0.2, -0.15) is 0 Å². The van der Waals surface area contributed by atoms with Crippen molar-refractivity contribution in [3.63, 3.8) is 0 Å². The monoisotopic (exact) mass is 447 g/mol. The molecule has 1 heterocycles. The number of rotatable bonds is 7. The van der Waals surface area contributed by atoms with E-state index in [9.17, 15) is 13.2 Å². The number of amides is 1. The topological polar surface area (TPSA) is 82.3 Å². The van der Waals surface area contributed by atoms with Gasteiger partial charge in [0, 0.05) is 36.3 Å². The van der Waals surface area contributed by atoms with Crippen LogP contribution in [-0.2, 0) is 16.4 Å². The summed E-state index contributed by atoms with van der Waals surface area (Å²) in [6.07, 6.45) is 2.68. The number of aromatic amines is 1. The second kappa shape index (κ2) is 8.88. The maximum absolute atomic E-state index is 12.9. The number of anilines is 1. The van der Waals surface area contributed by atoms with Gasteiger partial charge in [-0.25, -0.2) is 8.42 Å². The third-order valence-corrected chi connectivity index (χ3v) is 7.33. The zero-order valence-electron chi connectivity index (χ0n) is 18.0. The van der Waals surface area contributed by atoms with Gasteiger partial charge in [0.2, 0.25) is 0 Å². The molecule has 4 aromatic rings. The summed E-state index contributed by atoms with van der Waals surface area (Å²) in [4.78, 5) is 16.0. The lowest BCUT2D eigenvalue weighted by Crippen LogP contribution is -2.27. The average molecular weight is 448 g/mol. The third kappa shape index (κ3) is 4.38. The number of nitrogens with one attached hydrogen (secondary N) is 2. The van der Waals surface area contributed by atoms with E-state index in [1.807, 2.05) is 31.3 Å². The van der Waals surface area contributed by atoms with E-state index in [4.69, 9.17) is 0 Å². The van der Waals surface area contributed by atoms with Crippen LogP contribution in [0.1, 0.15) is 21.5 Å². The average Bonchev–Trinajstić information content (AvgIpc) is 3.22. The van der Waals surface area contributed by atoms with Crippen LogP contribution in [0.15, 0.2) is 83.9 Å². The quantitative estimate of drug-likeness (QED) is 0.444. The Kier molecular flexibility index (Phi) is 6.01.